The van der Waals surface area contributed by atoms with Gasteiger partial charge in [-0.2, -0.15) is 0 Å². The van der Waals surface area contributed by atoms with Gasteiger partial charge >= 0.3 is 6.03 Å². The van der Waals surface area contributed by atoms with E-state index in [4.69, 9.17) is 4.74 Å². The van der Waals surface area contributed by atoms with Crippen LogP contribution in [0.4, 0.5) is 19.3 Å². The van der Waals surface area contributed by atoms with Crippen LogP contribution < -0.4 is 20.7 Å². The number of rotatable bonds is 4. The highest BCUT2D eigenvalue weighted by atomic mass is 19.1. The number of benzene rings is 2. The van der Waals surface area contributed by atoms with E-state index in [0.29, 0.717) is 17.8 Å². The van der Waals surface area contributed by atoms with Gasteiger partial charge in [-0.25, -0.2) is 13.6 Å². The molecule has 1 fully saturated rings. The SMILES string of the molecule is COc1ccc([C@@H]2CNC(O)[C@H]2NC(=O)Nc2ccc(F)cc2)cc1F. The molecule has 0 radical (unpaired) electrons. The van der Waals surface area contributed by atoms with Crippen molar-refractivity contribution in [3.8, 4) is 5.75 Å². The van der Waals surface area contributed by atoms with Crippen LogP contribution in [-0.2, 0) is 0 Å². The van der Waals surface area contributed by atoms with E-state index in [9.17, 15) is 18.7 Å². The van der Waals surface area contributed by atoms with Crippen molar-refractivity contribution in [1.29, 1.82) is 0 Å². The zero-order valence-corrected chi connectivity index (χ0v) is 14.0. The lowest BCUT2D eigenvalue weighted by molar-refractivity contribution is 0.129. The minimum Gasteiger partial charge on any atom is -0.494 e. The van der Waals surface area contributed by atoms with E-state index in [1.807, 2.05) is 0 Å². The Bertz CT molecular complexity index is 786. The summed E-state index contributed by atoms with van der Waals surface area (Å²) in [6.45, 7) is 0.369. The number of nitrogens with one attached hydrogen (secondary N) is 3. The molecule has 1 aliphatic rings. The van der Waals surface area contributed by atoms with Gasteiger partial charge in [-0.3, -0.25) is 5.32 Å². The predicted molar refractivity (Wildman–Crippen MR) is 92.0 cm³/mol. The third-order valence-electron chi connectivity index (χ3n) is 4.32. The first kappa shape index (κ1) is 18.1. The molecule has 0 spiro atoms. The average Bonchev–Trinajstić information content (AvgIpc) is 2.97. The largest absolute Gasteiger partial charge is 0.494 e. The third-order valence-corrected chi connectivity index (χ3v) is 4.32. The average molecular weight is 363 g/mol. The Kier molecular flexibility index (Phi) is 5.34. The zero-order chi connectivity index (χ0) is 18.7. The van der Waals surface area contributed by atoms with E-state index in [1.54, 1.807) is 6.07 Å². The Morgan fingerprint density at radius 3 is 2.62 bits per heavy atom. The molecule has 0 aromatic heterocycles. The normalized spacial score (nSPS) is 22.1. The van der Waals surface area contributed by atoms with Crippen molar-refractivity contribution in [3.63, 3.8) is 0 Å². The van der Waals surface area contributed by atoms with E-state index in [-0.39, 0.29) is 11.7 Å². The molecule has 3 rings (SSSR count). The topological polar surface area (TPSA) is 82.6 Å². The summed E-state index contributed by atoms with van der Waals surface area (Å²) < 4.78 is 31.8. The number of carbonyl (C=O) groups is 1. The van der Waals surface area contributed by atoms with Crippen LogP contribution in [0, 0.1) is 11.6 Å². The number of methoxy groups -OCH3 is 1. The number of urea groups is 1. The number of aliphatic hydroxyl groups excluding tert-OH is 1. The van der Waals surface area contributed by atoms with Gasteiger partial charge in [-0.15, -0.1) is 0 Å². The first-order valence-corrected chi connectivity index (χ1v) is 8.06. The molecule has 3 atom stereocenters. The molecule has 1 aliphatic heterocycles. The summed E-state index contributed by atoms with van der Waals surface area (Å²) >= 11 is 0. The molecule has 8 heteroatoms. The monoisotopic (exact) mass is 363 g/mol. The summed E-state index contributed by atoms with van der Waals surface area (Å²) in [5.41, 5.74) is 1.04. The summed E-state index contributed by atoms with van der Waals surface area (Å²) in [7, 11) is 1.38. The number of amides is 2. The first-order chi connectivity index (χ1) is 12.5. The molecular weight excluding hydrogens is 344 g/mol. The van der Waals surface area contributed by atoms with E-state index < -0.39 is 29.9 Å². The predicted octanol–water partition coefficient (Wildman–Crippen LogP) is 2.17. The molecule has 2 aromatic carbocycles. The Hall–Kier alpha value is -2.71. The van der Waals surface area contributed by atoms with Gasteiger partial charge in [0, 0.05) is 18.2 Å². The third kappa shape index (κ3) is 3.92. The molecule has 0 bridgehead atoms. The van der Waals surface area contributed by atoms with Crippen molar-refractivity contribution in [2.75, 3.05) is 19.0 Å². The molecule has 1 heterocycles. The molecule has 1 saturated heterocycles. The lowest BCUT2D eigenvalue weighted by Crippen LogP contribution is -2.47. The summed E-state index contributed by atoms with van der Waals surface area (Å²) in [6.07, 6.45) is -0.982. The van der Waals surface area contributed by atoms with Crippen molar-refractivity contribution in [2.45, 2.75) is 18.2 Å². The highest BCUT2D eigenvalue weighted by molar-refractivity contribution is 5.89. The maximum absolute atomic E-state index is 14.0. The molecule has 4 N–H and O–H groups in total. The van der Waals surface area contributed by atoms with Crippen LogP contribution >= 0.6 is 0 Å². The van der Waals surface area contributed by atoms with Gasteiger partial charge in [0.05, 0.1) is 13.2 Å². The van der Waals surface area contributed by atoms with Gasteiger partial charge in [-0.1, -0.05) is 6.07 Å². The number of anilines is 1. The van der Waals surface area contributed by atoms with E-state index in [2.05, 4.69) is 16.0 Å². The van der Waals surface area contributed by atoms with Gasteiger partial charge < -0.3 is 20.5 Å². The number of carbonyl (C=O) groups excluding carboxylic acids is 1. The number of aliphatic hydroxyl groups is 1. The fourth-order valence-corrected chi connectivity index (χ4v) is 2.99. The van der Waals surface area contributed by atoms with Gasteiger partial charge in [0.2, 0.25) is 0 Å². The van der Waals surface area contributed by atoms with E-state index in [1.165, 1.54) is 43.5 Å². The minimum atomic E-state index is -0.982. The van der Waals surface area contributed by atoms with Crippen molar-refractivity contribution < 1.29 is 23.4 Å². The Labute approximate surface area is 149 Å². The van der Waals surface area contributed by atoms with E-state index in [0.717, 1.165) is 0 Å². The Morgan fingerprint density at radius 2 is 1.96 bits per heavy atom. The van der Waals surface area contributed by atoms with Crippen LogP contribution in [0.2, 0.25) is 0 Å². The molecule has 0 aliphatic carbocycles. The first-order valence-electron chi connectivity index (χ1n) is 8.06. The minimum absolute atomic E-state index is 0.124. The zero-order valence-electron chi connectivity index (χ0n) is 14.0. The van der Waals surface area contributed by atoms with Gasteiger partial charge in [0.25, 0.3) is 0 Å². The molecule has 0 saturated carbocycles. The summed E-state index contributed by atoms with van der Waals surface area (Å²) in [4.78, 5) is 12.2. The molecule has 6 nitrogen and oxygen atoms in total. The van der Waals surface area contributed by atoms with Crippen LogP contribution in [0.5, 0.6) is 5.75 Å². The maximum atomic E-state index is 14.0. The van der Waals surface area contributed by atoms with Crippen LogP contribution in [0.15, 0.2) is 42.5 Å². The quantitative estimate of drug-likeness (QED) is 0.671. The second kappa shape index (κ2) is 7.67. The van der Waals surface area contributed by atoms with Crippen molar-refractivity contribution in [2.24, 2.45) is 0 Å². The smallest absolute Gasteiger partial charge is 0.319 e. The van der Waals surface area contributed by atoms with Crippen molar-refractivity contribution >= 4 is 11.7 Å². The number of ether oxygens (including phenoxy) is 1. The van der Waals surface area contributed by atoms with Crippen LogP contribution in [0.3, 0.4) is 0 Å². The molecule has 26 heavy (non-hydrogen) atoms. The standard InChI is InChI=1S/C18H19F2N3O3/c1-26-15-7-2-10(8-14(15)20)13-9-21-17(24)16(13)23-18(25)22-12-5-3-11(19)4-6-12/h2-8,13,16-17,21,24H,9H2,1H3,(H2,22,23,25)/t13-,16-,17?/m0/s1. The number of halogens is 2. The number of hydrogen-bond donors (Lipinski definition) is 4. The van der Waals surface area contributed by atoms with Crippen molar-refractivity contribution in [3.05, 3.63) is 59.7 Å². The van der Waals surface area contributed by atoms with Crippen molar-refractivity contribution in [1.82, 2.24) is 10.6 Å². The lowest BCUT2D eigenvalue weighted by atomic mass is 9.93. The summed E-state index contributed by atoms with van der Waals surface area (Å²) in [6, 6.07) is 8.62. The summed E-state index contributed by atoms with van der Waals surface area (Å²) in [5, 5.41) is 18.2. The van der Waals surface area contributed by atoms with Gasteiger partial charge in [0.1, 0.15) is 12.0 Å². The molecular formula is C18H19F2N3O3. The Balaban J connectivity index is 1.71. The second-order valence-electron chi connectivity index (χ2n) is 5.98. The molecule has 138 valence electrons. The molecule has 2 aromatic rings. The van der Waals surface area contributed by atoms with Crippen LogP contribution in [-0.4, -0.2) is 37.1 Å². The fraction of sp³-hybridized carbons (Fsp3) is 0.278. The number of hydrogen-bond acceptors (Lipinski definition) is 4. The highest BCUT2D eigenvalue weighted by Gasteiger charge is 2.37. The lowest BCUT2D eigenvalue weighted by Gasteiger charge is -2.23. The van der Waals surface area contributed by atoms with Gasteiger partial charge in [0.15, 0.2) is 11.6 Å². The summed E-state index contributed by atoms with van der Waals surface area (Å²) in [5.74, 6) is -1.13. The molecule has 1 unspecified atom stereocenters. The van der Waals surface area contributed by atoms with Gasteiger partial charge in [-0.05, 0) is 42.0 Å². The van der Waals surface area contributed by atoms with Crippen LogP contribution in [0.25, 0.3) is 0 Å². The molecule has 2 amide bonds. The second-order valence-corrected chi connectivity index (χ2v) is 5.98. The van der Waals surface area contributed by atoms with Crippen LogP contribution in [0.1, 0.15) is 11.5 Å². The van der Waals surface area contributed by atoms with E-state index >= 15 is 0 Å². The highest BCUT2D eigenvalue weighted by Crippen LogP contribution is 2.29. The fourth-order valence-electron chi connectivity index (χ4n) is 2.99. The Morgan fingerprint density at radius 1 is 1.23 bits per heavy atom. The maximum Gasteiger partial charge on any atom is 0.319 e.